The fourth-order valence-electron chi connectivity index (χ4n) is 2.30. The first-order valence-corrected chi connectivity index (χ1v) is 8.29. The molecule has 7 heteroatoms. The lowest BCUT2D eigenvalue weighted by atomic mass is 9.92. The summed E-state index contributed by atoms with van der Waals surface area (Å²) in [5.41, 5.74) is 5.08. The molecule has 0 radical (unpaired) electrons. The maximum Gasteiger partial charge on any atom is 0.245 e. The number of rotatable bonds is 4. The molecule has 0 aliphatic carbocycles. The van der Waals surface area contributed by atoms with Gasteiger partial charge in [-0.2, -0.15) is 4.31 Å². The van der Waals surface area contributed by atoms with E-state index in [1.807, 2.05) is 6.92 Å². The first kappa shape index (κ1) is 14.8. The van der Waals surface area contributed by atoms with Gasteiger partial charge in [-0.05, 0) is 24.6 Å². The molecule has 0 amide bonds. The van der Waals surface area contributed by atoms with Crippen LogP contribution in [0.1, 0.15) is 19.8 Å². The molecule has 19 heavy (non-hydrogen) atoms. The smallest absolute Gasteiger partial charge is 0.245 e. The van der Waals surface area contributed by atoms with Crippen LogP contribution in [0.5, 0.6) is 0 Å². The minimum absolute atomic E-state index is 0.0919. The highest BCUT2D eigenvalue weighted by atomic mass is 79.9. The third-order valence-corrected chi connectivity index (χ3v) is 5.61. The fourth-order valence-corrected chi connectivity index (χ4v) is 4.37. The zero-order valence-electron chi connectivity index (χ0n) is 10.6. The van der Waals surface area contributed by atoms with Gasteiger partial charge in [-0.3, -0.25) is 0 Å². The fraction of sp³-hybridized carbons (Fsp3) is 0.500. The summed E-state index contributed by atoms with van der Waals surface area (Å²) in [4.78, 5) is 0.0919. The Morgan fingerprint density at radius 3 is 2.63 bits per heavy atom. The highest BCUT2D eigenvalue weighted by Gasteiger charge is 2.46. The van der Waals surface area contributed by atoms with Gasteiger partial charge >= 0.3 is 0 Å². The van der Waals surface area contributed by atoms with Gasteiger partial charge in [-0.15, -0.1) is 0 Å². The van der Waals surface area contributed by atoms with Crippen molar-refractivity contribution in [1.29, 1.82) is 0 Å². The molecular formula is C12H17BrN2O3S. The second kappa shape index (κ2) is 5.05. The maximum atomic E-state index is 12.4. The number of hydrogen-bond acceptors (Lipinski definition) is 4. The third-order valence-electron chi connectivity index (χ3n) is 3.25. The predicted molar refractivity (Wildman–Crippen MR) is 77.2 cm³/mol. The Bertz CT molecular complexity index is 583. The lowest BCUT2D eigenvalue weighted by molar-refractivity contribution is -0.0653. The molecule has 0 unspecified atom stereocenters. The normalized spacial score (nSPS) is 19.1. The molecule has 1 saturated heterocycles. The van der Waals surface area contributed by atoms with Crippen molar-refractivity contribution in [3.63, 3.8) is 0 Å². The summed E-state index contributed by atoms with van der Waals surface area (Å²) in [5.74, 6) is 0. The molecule has 1 aromatic rings. The first-order chi connectivity index (χ1) is 8.78. The maximum absolute atomic E-state index is 12.4. The summed E-state index contributed by atoms with van der Waals surface area (Å²) in [6.45, 7) is 2.24. The van der Waals surface area contributed by atoms with Gasteiger partial charge in [0.05, 0.1) is 11.3 Å². The number of anilines is 1. The molecule has 0 bridgehead atoms. The van der Waals surface area contributed by atoms with Crippen LogP contribution in [0, 0.1) is 0 Å². The van der Waals surface area contributed by atoms with Crippen molar-refractivity contribution in [1.82, 2.24) is 4.31 Å². The topological polar surface area (TPSA) is 83.6 Å². The van der Waals surface area contributed by atoms with Crippen molar-refractivity contribution in [3.8, 4) is 0 Å². The molecule has 106 valence electrons. The minimum atomic E-state index is -3.61. The lowest BCUT2D eigenvalue weighted by Gasteiger charge is -2.45. The van der Waals surface area contributed by atoms with Crippen LogP contribution in [0.15, 0.2) is 27.6 Å². The second-order valence-corrected chi connectivity index (χ2v) is 7.75. The number of sulfonamides is 1. The molecule has 0 atom stereocenters. The second-order valence-electron chi connectivity index (χ2n) is 4.93. The Kier molecular flexibility index (Phi) is 3.92. The summed E-state index contributed by atoms with van der Waals surface area (Å²) in [7, 11) is -3.61. The highest BCUT2D eigenvalue weighted by Crippen LogP contribution is 2.33. The van der Waals surface area contributed by atoms with E-state index in [1.54, 1.807) is 12.1 Å². The van der Waals surface area contributed by atoms with Crippen LogP contribution >= 0.6 is 15.9 Å². The molecule has 1 aromatic carbocycles. The lowest BCUT2D eigenvalue weighted by Crippen LogP contribution is -2.63. The monoisotopic (exact) mass is 348 g/mol. The first-order valence-electron chi connectivity index (χ1n) is 6.06. The SMILES string of the molecule is CCCC1(O)CN(S(=O)(=O)c2ccc(Br)cc2N)C1. The summed E-state index contributed by atoms with van der Waals surface area (Å²) < 4.78 is 26.7. The molecule has 1 aliphatic heterocycles. The molecular weight excluding hydrogens is 332 g/mol. The predicted octanol–water partition coefficient (Wildman–Crippen LogP) is 1.57. The van der Waals surface area contributed by atoms with Crippen LogP contribution in [0.3, 0.4) is 0 Å². The Hall–Kier alpha value is -0.630. The van der Waals surface area contributed by atoms with Crippen LogP contribution in [0.2, 0.25) is 0 Å². The number of halogens is 1. The number of β-amino-alcohol motifs (C(OH)–C–C–N with tert-alkyl or cyclic N) is 1. The van der Waals surface area contributed by atoms with E-state index in [0.717, 1.165) is 10.9 Å². The Morgan fingerprint density at radius 1 is 1.47 bits per heavy atom. The van der Waals surface area contributed by atoms with Crippen molar-refractivity contribution < 1.29 is 13.5 Å². The molecule has 0 spiro atoms. The van der Waals surface area contributed by atoms with E-state index in [0.29, 0.717) is 6.42 Å². The molecule has 0 aromatic heterocycles. The van der Waals surface area contributed by atoms with E-state index in [4.69, 9.17) is 5.73 Å². The summed E-state index contributed by atoms with van der Waals surface area (Å²) in [6, 6.07) is 4.68. The van der Waals surface area contributed by atoms with Crippen molar-refractivity contribution in [2.45, 2.75) is 30.3 Å². The Morgan fingerprint density at radius 2 is 2.11 bits per heavy atom. The van der Waals surface area contributed by atoms with Gasteiger partial charge in [-0.25, -0.2) is 8.42 Å². The van der Waals surface area contributed by atoms with Crippen LogP contribution in [0.4, 0.5) is 5.69 Å². The van der Waals surface area contributed by atoms with Crippen molar-refractivity contribution in [2.75, 3.05) is 18.8 Å². The van der Waals surface area contributed by atoms with Gasteiger partial charge < -0.3 is 10.8 Å². The van der Waals surface area contributed by atoms with Crippen LogP contribution < -0.4 is 5.73 Å². The number of nitrogens with zero attached hydrogens (tertiary/aromatic N) is 1. The summed E-state index contributed by atoms with van der Waals surface area (Å²) in [6.07, 6.45) is 1.43. The number of hydrogen-bond donors (Lipinski definition) is 2. The molecule has 1 fully saturated rings. The number of benzene rings is 1. The quantitative estimate of drug-likeness (QED) is 0.809. The van der Waals surface area contributed by atoms with E-state index in [9.17, 15) is 13.5 Å². The molecule has 3 N–H and O–H groups in total. The Labute approximate surface area is 121 Å². The molecule has 5 nitrogen and oxygen atoms in total. The average molecular weight is 349 g/mol. The van der Waals surface area contributed by atoms with E-state index >= 15 is 0 Å². The van der Waals surface area contributed by atoms with E-state index < -0.39 is 15.6 Å². The summed E-state index contributed by atoms with van der Waals surface area (Å²) in [5, 5.41) is 10.1. The average Bonchev–Trinajstić information content (AvgIpc) is 2.25. The highest BCUT2D eigenvalue weighted by molar-refractivity contribution is 9.10. The van der Waals surface area contributed by atoms with Gasteiger partial charge in [-0.1, -0.05) is 29.3 Å². The number of nitrogens with two attached hydrogens (primary N) is 1. The van der Waals surface area contributed by atoms with Gasteiger partial charge in [0.2, 0.25) is 10.0 Å². The number of aliphatic hydroxyl groups is 1. The van der Waals surface area contributed by atoms with Gasteiger partial charge in [0.25, 0.3) is 0 Å². The largest absolute Gasteiger partial charge is 0.398 e. The number of nitrogen functional groups attached to an aromatic ring is 1. The minimum Gasteiger partial charge on any atom is -0.398 e. The van der Waals surface area contributed by atoms with Crippen molar-refractivity contribution >= 4 is 31.6 Å². The Balaban J connectivity index is 2.21. The molecule has 2 rings (SSSR count). The van der Waals surface area contributed by atoms with Crippen molar-refractivity contribution in [3.05, 3.63) is 22.7 Å². The van der Waals surface area contributed by atoms with Gasteiger partial charge in [0.15, 0.2) is 0 Å². The van der Waals surface area contributed by atoms with Gasteiger partial charge in [0, 0.05) is 17.6 Å². The van der Waals surface area contributed by atoms with Crippen molar-refractivity contribution in [2.24, 2.45) is 0 Å². The van der Waals surface area contributed by atoms with Crippen LogP contribution in [-0.4, -0.2) is 36.5 Å². The molecule has 1 aliphatic rings. The zero-order chi connectivity index (χ0) is 14.3. The van der Waals surface area contributed by atoms with Crippen LogP contribution in [-0.2, 0) is 10.0 Å². The van der Waals surface area contributed by atoms with E-state index in [2.05, 4.69) is 15.9 Å². The van der Waals surface area contributed by atoms with Gasteiger partial charge in [0.1, 0.15) is 4.90 Å². The third kappa shape index (κ3) is 2.79. The zero-order valence-corrected chi connectivity index (χ0v) is 13.0. The standard InChI is InChI=1S/C12H17BrN2O3S/c1-2-5-12(16)7-15(8-12)19(17,18)11-4-3-9(13)6-10(11)14/h3-4,6,16H,2,5,7-8,14H2,1H3. The molecule has 1 heterocycles. The summed E-state index contributed by atoms with van der Waals surface area (Å²) >= 11 is 3.24. The molecule has 0 saturated carbocycles. The van der Waals surface area contributed by atoms with Crippen LogP contribution in [0.25, 0.3) is 0 Å². The van der Waals surface area contributed by atoms with E-state index in [-0.39, 0.29) is 23.7 Å². The van der Waals surface area contributed by atoms with E-state index in [1.165, 1.54) is 10.4 Å².